The van der Waals surface area contributed by atoms with Crippen molar-refractivity contribution in [3.63, 3.8) is 0 Å². The lowest BCUT2D eigenvalue weighted by Crippen LogP contribution is -2.09. The predicted octanol–water partition coefficient (Wildman–Crippen LogP) is 2.26. The number of nitrogens with one attached hydrogen (secondary N) is 1. The lowest BCUT2D eigenvalue weighted by atomic mass is 10.2. The van der Waals surface area contributed by atoms with E-state index in [4.69, 9.17) is 12.2 Å². The Labute approximate surface area is 73.8 Å². The maximum absolute atomic E-state index is 4.96. The van der Waals surface area contributed by atoms with Crippen LogP contribution in [0.5, 0.6) is 0 Å². The van der Waals surface area contributed by atoms with E-state index in [1.807, 2.05) is 30.3 Å². The summed E-state index contributed by atoms with van der Waals surface area (Å²) in [5, 5.41) is 0. The summed E-state index contributed by atoms with van der Waals surface area (Å²) in [5.74, 6) is 0. The zero-order chi connectivity index (χ0) is 7.40. The van der Waals surface area contributed by atoms with Gasteiger partial charge in [-0.1, -0.05) is 42.5 Å². The molecule has 0 saturated carbocycles. The summed E-state index contributed by atoms with van der Waals surface area (Å²) in [6, 6.07) is 9.77. The number of benzene rings is 1. The van der Waals surface area contributed by atoms with E-state index in [2.05, 4.69) is 20.5 Å². The summed E-state index contributed by atoms with van der Waals surface area (Å²) in [6.45, 7) is 0. The average Bonchev–Trinajstić information content (AvgIpc) is 2.05. The fourth-order valence-electron chi connectivity index (χ4n) is 0.644. The Morgan fingerprint density at radius 2 is 1.90 bits per heavy atom. The van der Waals surface area contributed by atoms with Crippen LogP contribution in [0.15, 0.2) is 30.3 Å². The van der Waals surface area contributed by atoms with E-state index in [1.54, 1.807) is 0 Å². The van der Waals surface area contributed by atoms with Crippen LogP contribution in [-0.4, -0.2) is 4.99 Å². The van der Waals surface area contributed by atoms with Crippen LogP contribution < -0.4 is 4.34 Å². The lowest BCUT2D eigenvalue weighted by molar-refractivity contribution is 1.56. The van der Waals surface area contributed by atoms with Crippen LogP contribution in [0.1, 0.15) is 5.56 Å². The Balaban J connectivity index is 2.85. The fourth-order valence-corrected chi connectivity index (χ4v) is 1.01. The number of hydrogen-bond donors (Lipinski definition) is 1. The standard InChI is InChI=1S/C7H6BrNS/c8-9-7(10)6-4-2-1-3-5-6/h1-5H,(H,9,10). The van der Waals surface area contributed by atoms with Crippen LogP contribution in [0.4, 0.5) is 0 Å². The molecule has 0 aliphatic rings. The summed E-state index contributed by atoms with van der Waals surface area (Å²) in [6.07, 6.45) is 0. The number of thiocarbonyl (C=S) groups is 1. The molecule has 0 amide bonds. The zero-order valence-electron chi connectivity index (χ0n) is 5.17. The van der Waals surface area contributed by atoms with Crippen LogP contribution in [0.25, 0.3) is 0 Å². The third kappa shape index (κ3) is 1.78. The van der Waals surface area contributed by atoms with Crippen LogP contribution in [0.3, 0.4) is 0 Å². The van der Waals surface area contributed by atoms with Gasteiger partial charge in [0.25, 0.3) is 0 Å². The first-order valence-electron chi connectivity index (χ1n) is 2.80. The lowest BCUT2D eigenvalue weighted by Gasteiger charge is -1.98. The molecule has 0 radical (unpaired) electrons. The van der Waals surface area contributed by atoms with Gasteiger partial charge >= 0.3 is 0 Å². The van der Waals surface area contributed by atoms with Crippen molar-refractivity contribution in [2.45, 2.75) is 0 Å². The van der Waals surface area contributed by atoms with E-state index in [-0.39, 0.29) is 0 Å². The van der Waals surface area contributed by atoms with Gasteiger partial charge < -0.3 is 4.34 Å². The monoisotopic (exact) mass is 215 g/mol. The van der Waals surface area contributed by atoms with Crippen molar-refractivity contribution in [1.29, 1.82) is 0 Å². The van der Waals surface area contributed by atoms with Gasteiger partial charge in [-0.2, -0.15) is 0 Å². The van der Waals surface area contributed by atoms with Gasteiger partial charge in [0.2, 0.25) is 0 Å². The van der Waals surface area contributed by atoms with Crippen molar-refractivity contribution in [2.75, 3.05) is 0 Å². The molecule has 1 N–H and O–H groups in total. The average molecular weight is 216 g/mol. The van der Waals surface area contributed by atoms with Gasteiger partial charge in [-0.15, -0.1) is 0 Å². The molecule has 0 aliphatic heterocycles. The van der Waals surface area contributed by atoms with Crippen molar-refractivity contribution in [2.24, 2.45) is 0 Å². The Morgan fingerprint density at radius 1 is 1.30 bits per heavy atom. The van der Waals surface area contributed by atoms with E-state index in [1.165, 1.54) is 0 Å². The molecule has 0 fully saturated rings. The Hall–Kier alpha value is -0.410. The van der Waals surface area contributed by atoms with Crippen LogP contribution in [0, 0.1) is 0 Å². The van der Waals surface area contributed by atoms with E-state index < -0.39 is 0 Å². The largest absolute Gasteiger partial charge is 0.313 e. The molecule has 1 rings (SSSR count). The van der Waals surface area contributed by atoms with Crippen LogP contribution in [-0.2, 0) is 0 Å². The molecular weight excluding hydrogens is 210 g/mol. The van der Waals surface area contributed by atoms with Gasteiger partial charge in [-0.25, -0.2) is 0 Å². The molecule has 0 bridgehead atoms. The van der Waals surface area contributed by atoms with E-state index >= 15 is 0 Å². The van der Waals surface area contributed by atoms with E-state index in [0.29, 0.717) is 4.99 Å². The molecule has 0 unspecified atom stereocenters. The van der Waals surface area contributed by atoms with Gasteiger partial charge in [0.1, 0.15) is 4.99 Å². The molecule has 0 saturated heterocycles. The molecule has 0 aliphatic carbocycles. The van der Waals surface area contributed by atoms with Crippen molar-refractivity contribution < 1.29 is 0 Å². The molecule has 0 spiro atoms. The smallest absolute Gasteiger partial charge is 0.116 e. The van der Waals surface area contributed by atoms with Crippen molar-refractivity contribution in [3.8, 4) is 0 Å². The van der Waals surface area contributed by atoms with E-state index in [9.17, 15) is 0 Å². The predicted molar refractivity (Wildman–Crippen MR) is 50.2 cm³/mol. The highest BCUT2D eigenvalue weighted by atomic mass is 79.9. The maximum Gasteiger partial charge on any atom is 0.116 e. The summed E-state index contributed by atoms with van der Waals surface area (Å²) in [4.78, 5) is 0.709. The highest BCUT2D eigenvalue weighted by Gasteiger charge is 1.94. The highest BCUT2D eigenvalue weighted by Crippen LogP contribution is 1.99. The second kappa shape index (κ2) is 3.68. The fraction of sp³-hybridized carbons (Fsp3) is 0. The second-order valence-electron chi connectivity index (χ2n) is 1.79. The van der Waals surface area contributed by atoms with Gasteiger partial charge in [0, 0.05) is 21.7 Å². The topological polar surface area (TPSA) is 12.0 Å². The Bertz CT molecular complexity index is 222. The summed E-state index contributed by atoms with van der Waals surface area (Å²) >= 11 is 8.02. The quantitative estimate of drug-likeness (QED) is 0.570. The minimum Gasteiger partial charge on any atom is -0.313 e. The second-order valence-corrected chi connectivity index (χ2v) is 2.59. The first-order chi connectivity index (χ1) is 4.84. The van der Waals surface area contributed by atoms with E-state index in [0.717, 1.165) is 5.56 Å². The Kier molecular flexibility index (Phi) is 2.83. The normalized spacial score (nSPS) is 8.90. The molecule has 0 heterocycles. The first-order valence-corrected chi connectivity index (χ1v) is 4.01. The molecule has 3 heteroatoms. The molecule has 10 heavy (non-hydrogen) atoms. The van der Waals surface area contributed by atoms with Crippen molar-refractivity contribution >= 4 is 33.4 Å². The Morgan fingerprint density at radius 3 is 2.40 bits per heavy atom. The number of halogens is 1. The molecule has 0 atom stereocenters. The minimum absolute atomic E-state index is 0.709. The molecule has 1 aromatic rings. The summed E-state index contributed by atoms with van der Waals surface area (Å²) in [5.41, 5.74) is 1.02. The van der Waals surface area contributed by atoms with Crippen LogP contribution >= 0.6 is 28.4 Å². The third-order valence-electron chi connectivity index (χ3n) is 1.12. The number of hydrogen-bond acceptors (Lipinski definition) is 1. The van der Waals surface area contributed by atoms with Gasteiger partial charge in [-0.05, 0) is 0 Å². The van der Waals surface area contributed by atoms with Crippen molar-refractivity contribution in [1.82, 2.24) is 4.34 Å². The van der Waals surface area contributed by atoms with Gasteiger partial charge in [0.15, 0.2) is 0 Å². The maximum atomic E-state index is 4.96. The van der Waals surface area contributed by atoms with Gasteiger partial charge in [0.05, 0.1) is 0 Å². The molecule has 1 aromatic carbocycles. The third-order valence-corrected chi connectivity index (χ3v) is 2.12. The summed E-state index contributed by atoms with van der Waals surface area (Å²) < 4.78 is 2.73. The molecule has 1 nitrogen and oxygen atoms in total. The number of rotatable bonds is 1. The highest BCUT2D eigenvalue weighted by molar-refractivity contribution is 9.08. The molecule has 0 aromatic heterocycles. The SMILES string of the molecule is S=C(NBr)c1ccccc1. The van der Waals surface area contributed by atoms with Gasteiger partial charge in [-0.3, -0.25) is 0 Å². The minimum atomic E-state index is 0.709. The van der Waals surface area contributed by atoms with Crippen molar-refractivity contribution in [3.05, 3.63) is 35.9 Å². The summed E-state index contributed by atoms with van der Waals surface area (Å²) in [7, 11) is 0. The first kappa shape index (κ1) is 7.69. The molecule has 52 valence electrons. The van der Waals surface area contributed by atoms with Crippen LogP contribution in [0.2, 0.25) is 0 Å². The molecular formula is C7H6BrNS. The zero-order valence-corrected chi connectivity index (χ0v) is 7.58.